The monoisotopic (exact) mass is 317 g/mol. The fourth-order valence-electron chi connectivity index (χ4n) is 1.98. The Morgan fingerprint density at radius 3 is 2.68 bits per heavy atom. The number of hydrogen-bond donors (Lipinski definition) is 1. The molecule has 1 N–H and O–H groups in total. The highest BCUT2D eigenvalue weighted by molar-refractivity contribution is 7.10. The van der Waals surface area contributed by atoms with Crippen LogP contribution in [-0.4, -0.2) is 6.54 Å². The molecule has 0 aliphatic heterocycles. The number of rotatable bonds is 5. The van der Waals surface area contributed by atoms with E-state index in [1.807, 2.05) is 18.4 Å². The minimum absolute atomic E-state index is 0.00506. The van der Waals surface area contributed by atoms with Crippen LogP contribution in [-0.2, 0) is 6.42 Å². The molecule has 0 amide bonds. The van der Waals surface area contributed by atoms with Gasteiger partial charge in [-0.25, -0.2) is 4.39 Å². The van der Waals surface area contributed by atoms with Crippen LogP contribution in [0.2, 0.25) is 10.0 Å². The summed E-state index contributed by atoms with van der Waals surface area (Å²) in [6.07, 6.45) is 0.528. The molecule has 1 aromatic carbocycles. The van der Waals surface area contributed by atoms with Gasteiger partial charge in [0.25, 0.3) is 0 Å². The van der Waals surface area contributed by atoms with Crippen LogP contribution in [0.3, 0.4) is 0 Å². The summed E-state index contributed by atoms with van der Waals surface area (Å²) >= 11 is 13.5. The van der Waals surface area contributed by atoms with Gasteiger partial charge in [0.2, 0.25) is 0 Å². The second-order valence-electron chi connectivity index (χ2n) is 4.16. The van der Waals surface area contributed by atoms with Crippen molar-refractivity contribution in [3.8, 4) is 0 Å². The molecule has 19 heavy (non-hydrogen) atoms. The van der Waals surface area contributed by atoms with Gasteiger partial charge in [0.1, 0.15) is 5.82 Å². The van der Waals surface area contributed by atoms with Crippen LogP contribution in [0.25, 0.3) is 0 Å². The Labute approximate surface area is 126 Å². The Morgan fingerprint density at radius 2 is 2.05 bits per heavy atom. The van der Waals surface area contributed by atoms with Crippen molar-refractivity contribution in [1.29, 1.82) is 0 Å². The van der Waals surface area contributed by atoms with Crippen LogP contribution in [0.4, 0.5) is 4.39 Å². The third-order valence-electron chi connectivity index (χ3n) is 2.87. The first-order chi connectivity index (χ1) is 9.13. The summed E-state index contributed by atoms with van der Waals surface area (Å²) in [5.41, 5.74) is 0.600. The third kappa shape index (κ3) is 3.48. The number of thiophene rings is 1. The van der Waals surface area contributed by atoms with Gasteiger partial charge in [0.05, 0.1) is 10.0 Å². The topological polar surface area (TPSA) is 12.0 Å². The molecule has 5 heteroatoms. The summed E-state index contributed by atoms with van der Waals surface area (Å²) in [5, 5.41) is 6.16. The largest absolute Gasteiger partial charge is 0.309 e. The van der Waals surface area contributed by atoms with Crippen LogP contribution in [0.15, 0.2) is 29.6 Å². The van der Waals surface area contributed by atoms with Gasteiger partial charge in [0.15, 0.2) is 0 Å². The first kappa shape index (κ1) is 14.8. The fourth-order valence-corrected chi connectivity index (χ4v) is 3.44. The maximum absolute atomic E-state index is 14.0. The van der Waals surface area contributed by atoms with E-state index in [1.54, 1.807) is 29.5 Å². The third-order valence-corrected chi connectivity index (χ3v) is 4.63. The van der Waals surface area contributed by atoms with Gasteiger partial charge in [0, 0.05) is 10.9 Å². The zero-order chi connectivity index (χ0) is 13.8. The zero-order valence-electron chi connectivity index (χ0n) is 10.4. The molecule has 0 saturated carbocycles. The van der Waals surface area contributed by atoms with Crippen molar-refractivity contribution < 1.29 is 4.39 Å². The van der Waals surface area contributed by atoms with Gasteiger partial charge >= 0.3 is 0 Å². The predicted molar refractivity (Wildman–Crippen MR) is 80.9 cm³/mol. The molecule has 1 heterocycles. The minimum Gasteiger partial charge on any atom is -0.309 e. The lowest BCUT2D eigenvalue weighted by Crippen LogP contribution is -2.22. The Hall–Kier alpha value is -0.610. The van der Waals surface area contributed by atoms with Gasteiger partial charge in [-0.1, -0.05) is 42.3 Å². The normalized spacial score (nSPS) is 12.6. The number of likely N-dealkylation sites (N-methyl/N-ethyl adjacent to an activating group) is 1. The molecule has 0 aliphatic carbocycles. The van der Waals surface area contributed by atoms with Gasteiger partial charge < -0.3 is 5.32 Å². The number of benzene rings is 1. The van der Waals surface area contributed by atoms with E-state index in [2.05, 4.69) is 5.32 Å². The average molecular weight is 318 g/mol. The Morgan fingerprint density at radius 1 is 1.26 bits per heavy atom. The lowest BCUT2D eigenvalue weighted by Gasteiger charge is -2.18. The second kappa shape index (κ2) is 6.71. The van der Waals surface area contributed by atoms with Gasteiger partial charge in [-0.2, -0.15) is 0 Å². The maximum Gasteiger partial charge on any atom is 0.145 e. The SMILES string of the molecule is CCNC(Cc1cccc(Cl)c1F)c1sccc1Cl. The molecule has 0 radical (unpaired) electrons. The van der Waals surface area contributed by atoms with Crippen molar-refractivity contribution in [3.63, 3.8) is 0 Å². The van der Waals surface area contributed by atoms with Crippen LogP contribution in [0, 0.1) is 5.82 Å². The van der Waals surface area contributed by atoms with Gasteiger partial charge in [-0.15, -0.1) is 11.3 Å². The molecule has 0 aliphatic rings. The summed E-state index contributed by atoms with van der Waals surface area (Å²) in [6, 6.07) is 6.94. The van der Waals surface area contributed by atoms with E-state index < -0.39 is 0 Å². The summed E-state index contributed by atoms with van der Waals surface area (Å²) < 4.78 is 14.0. The molecule has 0 spiro atoms. The van der Waals surface area contributed by atoms with E-state index in [0.717, 1.165) is 16.4 Å². The average Bonchev–Trinajstić information content (AvgIpc) is 2.80. The highest BCUT2D eigenvalue weighted by atomic mass is 35.5. The predicted octanol–water partition coefficient (Wildman–Crippen LogP) is 5.09. The standard InChI is InChI=1S/C14H14Cl2FNS/c1-2-18-12(14-11(16)6-7-19-14)8-9-4-3-5-10(15)13(9)17/h3-7,12,18H,2,8H2,1H3. The number of hydrogen-bond acceptors (Lipinski definition) is 2. The smallest absolute Gasteiger partial charge is 0.145 e. The zero-order valence-corrected chi connectivity index (χ0v) is 12.7. The molecule has 102 valence electrons. The van der Waals surface area contributed by atoms with E-state index in [1.165, 1.54) is 0 Å². The van der Waals surface area contributed by atoms with Crippen molar-refractivity contribution in [1.82, 2.24) is 5.32 Å². The Balaban J connectivity index is 2.27. The molecule has 1 aromatic heterocycles. The molecule has 0 fully saturated rings. The molecular formula is C14H14Cl2FNS. The Kier molecular flexibility index (Phi) is 5.22. The highest BCUT2D eigenvalue weighted by Crippen LogP contribution is 2.32. The first-order valence-electron chi connectivity index (χ1n) is 6.02. The van der Waals surface area contributed by atoms with Crippen molar-refractivity contribution in [2.75, 3.05) is 6.54 Å². The maximum atomic E-state index is 14.0. The molecular weight excluding hydrogens is 304 g/mol. The van der Waals surface area contributed by atoms with Crippen molar-refractivity contribution in [3.05, 3.63) is 55.9 Å². The van der Waals surface area contributed by atoms with Crippen LogP contribution < -0.4 is 5.32 Å². The lowest BCUT2D eigenvalue weighted by atomic mass is 10.0. The van der Waals surface area contributed by atoms with Crippen LogP contribution >= 0.6 is 34.5 Å². The number of halogens is 3. The second-order valence-corrected chi connectivity index (χ2v) is 5.92. The highest BCUT2D eigenvalue weighted by Gasteiger charge is 2.18. The van der Waals surface area contributed by atoms with Gasteiger partial charge in [-0.05, 0) is 36.0 Å². The Bertz CT molecular complexity index is 556. The van der Waals surface area contributed by atoms with Gasteiger partial charge in [-0.3, -0.25) is 0 Å². The lowest BCUT2D eigenvalue weighted by molar-refractivity contribution is 0.534. The molecule has 2 rings (SSSR count). The fraction of sp³-hybridized carbons (Fsp3) is 0.286. The minimum atomic E-state index is -0.347. The molecule has 1 nitrogen and oxygen atoms in total. The summed E-state index contributed by atoms with van der Waals surface area (Å²) in [7, 11) is 0. The quantitative estimate of drug-likeness (QED) is 0.810. The van der Waals surface area contributed by atoms with E-state index in [4.69, 9.17) is 23.2 Å². The van der Waals surface area contributed by atoms with Crippen molar-refractivity contribution in [2.45, 2.75) is 19.4 Å². The van der Waals surface area contributed by atoms with Crippen LogP contribution in [0.1, 0.15) is 23.4 Å². The van der Waals surface area contributed by atoms with E-state index in [0.29, 0.717) is 12.0 Å². The summed E-state index contributed by atoms with van der Waals surface area (Å²) in [5.74, 6) is -0.347. The van der Waals surface area contributed by atoms with E-state index in [-0.39, 0.29) is 16.9 Å². The van der Waals surface area contributed by atoms with Crippen LogP contribution in [0.5, 0.6) is 0 Å². The summed E-state index contributed by atoms with van der Waals surface area (Å²) in [4.78, 5) is 1.03. The molecule has 1 unspecified atom stereocenters. The molecule has 0 saturated heterocycles. The van der Waals surface area contributed by atoms with E-state index in [9.17, 15) is 4.39 Å². The summed E-state index contributed by atoms with van der Waals surface area (Å²) in [6.45, 7) is 2.81. The molecule has 2 aromatic rings. The molecule has 1 atom stereocenters. The van der Waals surface area contributed by atoms with Crippen molar-refractivity contribution in [2.24, 2.45) is 0 Å². The van der Waals surface area contributed by atoms with Crippen molar-refractivity contribution >= 4 is 34.5 Å². The van der Waals surface area contributed by atoms with E-state index >= 15 is 0 Å². The number of nitrogens with one attached hydrogen (secondary N) is 1. The molecule has 0 bridgehead atoms. The first-order valence-corrected chi connectivity index (χ1v) is 7.66.